The number of carbonyl (C=O) groups is 3. The van der Waals surface area contributed by atoms with Gasteiger partial charge in [-0.3, -0.25) is 14.4 Å². The summed E-state index contributed by atoms with van der Waals surface area (Å²) in [5.41, 5.74) is 0.494. The van der Waals surface area contributed by atoms with Gasteiger partial charge in [0.15, 0.2) is 11.6 Å². The number of aliphatic carboxylic acids is 1. The Hall–Kier alpha value is -2.22. The molecule has 0 aromatic carbocycles. The number of hydrogen-bond acceptors (Lipinski definition) is 4. The van der Waals surface area contributed by atoms with Gasteiger partial charge in [0.25, 0.3) is 0 Å². The van der Waals surface area contributed by atoms with E-state index in [0.717, 1.165) is 50.5 Å². The molecule has 5 aliphatic rings. The molecule has 8 atom stereocenters. The summed E-state index contributed by atoms with van der Waals surface area (Å²) in [7, 11) is 0. The van der Waals surface area contributed by atoms with Crippen LogP contribution in [0.1, 0.15) is 86.0 Å². The van der Waals surface area contributed by atoms with E-state index < -0.39 is 11.4 Å². The highest BCUT2D eigenvalue weighted by molar-refractivity contribution is 6.02. The van der Waals surface area contributed by atoms with Gasteiger partial charge in [0.1, 0.15) is 6.07 Å². The van der Waals surface area contributed by atoms with Crippen LogP contribution in [0.4, 0.5) is 0 Å². The molecular formula is C30H39NO4. The standard InChI is InChI=1S/C30H39NO4/c1-17-19-6-8-28(4)20-7-9-30(15-24(33)34)11-10-27(2,3)14-21(30)25(20)22(32)12-23(28)29(19,5)13-18(16-31)26(17)35/h12-13,17,19-21,25H,6-11,14-15H2,1-5H3,(H,33,34). The van der Waals surface area contributed by atoms with Crippen LogP contribution in [0.25, 0.3) is 0 Å². The van der Waals surface area contributed by atoms with E-state index >= 15 is 0 Å². The molecule has 0 spiro atoms. The van der Waals surface area contributed by atoms with Crippen LogP contribution < -0.4 is 0 Å². The minimum atomic E-state index is -0.748. The number of hydrogen-bond donors (Lipinski definition) is 1. The van der Waals surface area contributed by atoms with Crippen LogP contribution in [0.15, 0.2) is 23.3 Å². The SMILES string of the molecule is CC1C(=O)C(C#N)=CC2(C)C3=CC(=O)C4C5CC(C)(C)CCC5(CC(=O)O)CCC4C3(C)CCC12. The largest absolute Gasteiger partial charge is 0.481 e. The van der Waals surface area contributed by atoms with Crippen LogP contribution in [0.5, 0.6) is 0 Å². The third-order valence-corrected chi connectivity index (χ3v) is 11.4. The zero-order valence-corrected chi connectivity index (χ0v) is 21.8. The van der Waals surface area contributed by atoms with Crippen molar-refractivity contribution in [2.45, 2.75) is 86.0 Å². The van der Waals surface area contributed by atoms with E-state index in [2.05, 4.69) is 33.8 Å². The maximum absolute atomic E-state index is 14.1. The van der Waals surface area contributed by atoms with Crippen molar-refractivity contribution in [3.8, 4) is 6.07 Å². The molecule has 1 N–H and O–H groups in total. The maximum Gasteiger partial charge on any atom is 0.303 e. The molecule has 0 aromatic rings. The van der Waals surface area contributed by atoms with Crippen LogP contribution in [0, 0.1) is 62.6 Å². The smallest absolute Gasteiger partial charge is 0.303 e. The van der Waals surface area contributed by atoms with Crippen molar-refractivity contribution in [3.05, 3.63) is 23.3 Å². The van der Waals surface area contributed by atoms with Crippen molar-refractivity contribution < 1.29 is 19.5 Å². The van der Waals surface area contributed by atoms with Crippen LogP contribution in [-0.4, -0.2) is 22.6 Å². The summed E-state index contributed by atoms with van der Waals surface area (Å²) in [5.74, 6) is -0.671. The number of carboxylic acid groups (broad SMARTS) is 1. The minimum Gasteiger partial charge on any atom is -0.481 e. The predicted molar refractivity (Wildman–Crippen MR) is 132 cm³/mol. The molecule has 0 saturated heterocycles. The first-order valence-electron chi connectivity index (χ1n) is 13.4. The normalized spacial score (nSPS) is 46.1. The minimum absolute atomic E-state index is 0.0697. The zero-order valence-electron chi connectivity index (χ0n) is 21.8. The molecule has 0 radical (unpaired) electrons. The Bertz CT molecular complexity index is 1110. The number of carboxylic acids is 1. The number of nitriles is 1. The van der Waals surface area contributed by atoms with E-state index in [4.69, 9.17) is 0 Å². The Morgan fingerprint density at radius 3 is 2.40 bits per heavy atom. The molecular weight excluding hydrogens is 438 g/mol. The molecule has 0 amide bonds. The van der Waals surface area contributed by atoms with Crippen LogP contribution in [-0.2, 0) is 14.4 Å². The number of carbonyl (C=O) groups excluding carboxylic acids is 2. The molecule has 0 heterocycles. The van der Waals surface area contributed by atoms with Crippen molar-refractivity contribution in [2.75, 3.05) is 0 Å². The lowest BCUT2D eigenvalue weighted by atomic mass is 9.39. The van der Waals surface area contributed by atoms with E-state index in [9.17, 15) is 24.8 Å². The average molecular weight is 478 g/mol. The first-order valence-corrected chi connectivity index (χ1v) is 13.4. The fraction of sp³-hybridized carbons (Fsp3) is 0.733. The molecule has 0 aromatic heterocycles. The summed E-state index contributed by atoms with van der Waals surface area (Å²) in [6.45, 7) is 10.9. The van der Waals surface area contributed by atoms with Crippen molar-refractivity contribution in [1.82, 2.24) is 0 Å². The van der Waals surface area contributed by atoms with E-state index in [1.54, 1.807) is 0 Å². The van der Waals surface area contributed by atoms with Crippen molar-refractivity contribution in [2.24, 2.45) is 51.2 Å². The molecule has 5 rings (SSSR count). The summed E-state index contributed by atoms with van der Waals surface area (Å²) in [6.07, 6.45) is 10.3. The lowest BCUT2D eigenvalue weighted by molar-refractivity contribution is -0.158. The first-order chi connectivity index (χ1) is 16.3. The number of ketones is 2. The van der Waals surface area contributed by atoms with Gasteiger partial charge >= 0.3 is 5.97 Å². The molecule has 3 saturated carbocycles. The third kappa shape index (κ3) is 3.35. The highest BCUT2D eigenvalue weighted by Gasteiger charge is 2.64. The predicted octanol–water partition coefficient (Wildman–Crippen LogP) is 5.90. The Morgan fingerprint density at radius 1 is 1.06 bits per heavy atom. The second-order valence-corrected chi connectivity index (χ2v) is 13.7. The van der Waals surface area contributed by atoms with Crippen molar-refractivity contribution in [3.63, 3.8) is 0 Å². The molecule has 5 heteroatoms. The lowest BCUT2D eigenvalue weighted by Gasteiger charge is -2.64. The van der Waals surface area contributed by atoms with E-state index in [-0.39, 0.29) is 69.4 Å². The Labute approximate surface area is 209 Å². The topological polar surface area (TPSA) is 95.2 Å². The van der Waals surface area contributed by atoms with Gasteiger partial charge in [-0.2, -0.15) is 5.26 Å². The first kappa shape index (κ1) is 24.5. The molecule has 188 valence electrons. The van der Waals surface area contributed by atoms with Crippen molar-refractivity contribution in [1.29, 1.82) is 5.26 Å². The third-order valence-electron chi connectivity index (χ3n) is 11.4. The highest BCUT2D eigenvalue weighted by atomic mass is 16.4. The Morgan fingerprint density at radius 2 is 1.74 bits per heavy atom. The lowest BCUT2D eigenvalue weighted by Crippen LogP contribution is -2.59. The number of nitrogens with zero attached hydrogens (tertiary/aromatic N) is 1. The molecule has 5 aliphatic carbocycles. The van der Waals surface area contributed by atoms with Gasteiger partial charge in [0.2, 0.25) is 0 Å². The van der Waals surface area contributed by atoms with Crippen molar-refractivity contribution >= 4 is 17.5 Å². The molecule has 35 heavy (non-hydrogen) atoms. The average Bonchev–Trinajstić information content (AvgIpc) is 2.77. The van der Waals surface area contributed by atoms with Gasteiger partial charge in [-0.25, -0.2) is 0 Å². The Balaban J connectivity index is 1.63. The van der Waals surface area contributed by atoms with Gasteiger partial charge in [0, 0.05) is 17.3 Å². The molecule has 0 aliphatic heterocycles. The summed E-state index contributed by atoms with van der Waals surface area (Å²) in [4.78, 5) is 38.8. The van der Waals surface area contributed by atoms with Crippen LogP contribution in [0.2, 0.25) is 0 Å². The highest BCUT2D eigenvalue weighted by Crippen LogP contribution is 2.69. The molecule has 5 nitrogen and oxygen atoms in total. The number of rotatable bonds is 2. The Kier molecular flexibility index (Phi) is 5.34. The number of fused-ring (bicyclic) bond motifs is 7. The van der Waals surface area contributed by atoms with Crippen LogP contribution >= 0.6 is 0 Å². The second kappa shape index (κ2) is 7.64. The second-order valence-electron chi connectivity index (χ2n) is 13.7. The van der Waals surface area contributed by atoms with E-state index in [0.29, 0.717) is 0 Å². The molecule has 3 fully saturated rings. The summed E-state index contributed by atoms with van der Waals surface area (Å²) >= 11 is 0. The van der Waals surface area contributed by atoms with E-state index in [1.165, 1.54) is 0 Å². The number of allylic oxidation sites excluding steroid dienone is 4. The van der Waals surface area contributed by atoms with Gasteiger partial charge in [-0.15, -0.1) is 0 Å². The van der Waals surface area contributed by atoms with Gasteiger partial charge in [0.05, 0.1) is 12.0 Å². The summed E-state index contributed by atoms with van der Waals surface area (Å²) in [6, 6.07) is 2.13. The number of Topliss-reactive ketones (excluding diaryl/α,β-unsaturated/α-hetero) is 1. The van der Waals surface area contributed by atoms with E-state index in [1.807, 2.05) is 19.1 Å². The fourth-order valence-corrected chi connectivity index (χ4v) is 9.62. The van der Waals surface area contributed by atoms with Gasteiger partial charge < -0.3 is 5.11 Å². The maximum atomic E-state index is 14.1. The van der Waals surface area contributed by atoms with Gasteiger partial charge in [-0.1, -0.05) is 46.3 Å². The quantitative estimate of drug-likeness (QED) is 0.534. The van der Waals surface area contributed by atoms with Gasteiger partial charge in [-0.05, 0) is 85.0 Å². The monoisotopic (exact) mass is 477 g/mol. The fourth-order valence-electron chi connectivity index (χ4n) is 9.62. The molecule has 8 unspecified atom stereocenters. The molecule has 0 bridgehead atoms. The zero-order chi connectivity index (χ0) is 25.6. The summed E-state index contributed by atoms with van der Waals surface area (Å²) < 4.78 is 0. The van der Waals surface area contributed by atoms with Crippen LogP contribution in [0.3, 0.4) is 0 Å². The summed E-state index contributed by atoms with van der Waals surface area (Å²) in [5, 5.41) is 19.5.